The van der Waals surface area contributed by atoms with E-state index in [4.69, 9.17) is 11.0 Å². The quantitative estimate of drug-likeness (QED) is 0.424. The van der Waals surface area contributed by atoms with E-state index in [1.165, 1.54) is 6.07 Å². The van der Waals surface area contributed by atoms with Gasteiger partial charge in [0.25, 0.3) is 0 Å². The Kier molecular flexibility index (Phi) is 3.37. The van der Waals surface area contributed by atoms with Crippen LogP contribution in [-0.2, 0) is 0 Å². The van der Waals surface area contributed by atoms with Crippen molar-refractivity contribution in [3.8, 4) is 17.5 Å². The van der Waals surface area contributed by atoms with Gasteiger partial charge in [0, 0.05) is 5.56 Å². The molecule has 2 N–H and O–H groups in total. The van der Waals surface area contributed by atoms with Crippen molar-refractivity contribution in [1.82, 2.24) is 0 Å². The lowest BCUT2D eigenvalue weighted by Gasteiger charge is -2.05. The van der Waals surface area contributed by atoms with E-state index in [9.17, 15) is 4.39 Å². The Morgan fingerprint density at radius 2 is 1.88 bits per heavy atom. The number of nitrogen functional groups attached to an aromatic ring is 1. The minimum Gasteiger partial charge on any atom is -0.398 e. The largest absolute Gasteiger partial charge is 0.398 e. The molecule has 0 aromatic heterocycles. The van der Waals surface area contributed by atoms with Crippen LogP contribution in [0, 0.1) is 28.6 Å². The zero-order valence-electron chi connectivity index (χ0n) is 9.56. The topological polar surface area (TPSA) is 49.8 Å². The fourth-order valence-corrected chi connectivity index (χ4v) is 1.55. The van der Waals surface area contributed by atoms with Gasteiger partial charge < -0.3 is 5.73 Å². The number of nitriles is 1. The molecule has 16 heavy (non-hydrogen) atoms. The predicted molar refractivity (Wildman–Crippen MR) is 65.8 cm³/mol. The molecule has 0 unspecified atom stereocenters. The third-order valence-electron chi connectivity index (χ3n) is 1.83. The monoisotopic (exact) mass is 232 g/mol. The molecule has 0 aliphatic rings. The standard InChI is InChI=1S/C12H13FN2Si/c1-16(2,3)5-4-9-6-10(8-14)11(13)7-12(9)15/h6-7H,15H2,1-3H3. The van der Waals surface area contributed by atoms with Crippen LogP contribution in [0.3, 0.4) is 0 Å². The first kappa shape index (κ1) is 12.3. The fraction of sp³-hybridized carbons (Fsp3) is 0.250. The number of anilines is 1. The highest BCUT2D eigenvalue weighted by Crippen LogP contribution is 2.16. The Bertz CT molecular complexity index is 513. The number of benzene rings is 1. The SMILES string of the molecule is C[Si](C)(C)C#Cc1cc(C#N)c(F)cc1N. The molecule has 1 aromatic rings. The van der Waals surface area contributed by atoms with E-state index in [1.54, 1.807) is 6.07 Å². The second-order valence-electron chi connectivity index (χ2n) is 4.53. The molecule has 0 aliphatic heterocycles. The van der Waals surface area contributed by atoms with Crippen LogP contribution < -0.4 is 5.73 Å². The highest BCUT2D eigenvalue weighted by Gasteiger charge is 2.09. The molecule has 4 heteroatoms. The lowest BCUT2D eigenvalue weighted by molar-refractivity contribution is 0.624. The molecule has 0 aliphatic carbocycles. The molecule has 0 heterocycles. The minimum atomic E-state index is -1.50. The van der Waals surface area contributed by atoms with E-state index in [-0.39, 0.29) is 11.3 Å². The first-order valence-corrected chi connectivity index (χ1v) is 8.36. The van der Waals surface area contributed by atoms with Gasteiger partial charge in [0.05, 0.1) is 11.3 Å². The highest BCUT2D eigenvalue weighted by atomic mass is 28.3. The van der Waals surface area contributed by atoms with Gasteiger partial charge in [0.15, 0.2) is 0 Å². The minimum absolute atomic E-state index is 0.0194. The van der Waals surface area contributed by atoms with Crippen LogP contribution in [0.1, 0.15) is 11.1 Å². The second-order valence-corrected chi connectivity index (χ2v) is 9.28. The Morgan fingerprint density at radius 1 is 1.25 bits per heavy atom. The Morgan fingerprint density at radius 3 is 2.38 bits per heavy atom. The molecule has 0 fully saturated rings. The van der Waals surface area contributed by atoms with Crippen molar-refractivity contribution in [2.24, 2.45) is 0 Å². The molecular formula is C12H13FN2Si. The summed E-state index contributed by atoms with van der Waals surface area (Å²) >= 11 is 0. The van der Waals surface area contributed by atoms with Crippen molar-refractivity contribution in [2.75, 3.05) is 5.73 Å². The van der Waals surface area contributed by atoms with Crippen LogP contribution in [-0.4, -0.2) is 8.07 Å². The third kappa shape index (κ3) is 3.11. The third-order valence-corrected chi connectivity index (χ3v) is 2.71. The van der Waals surface area contributed by atoms with E-state index in [0.717, 1.165) is 6.07 Å². The number of nitrogens with zero attached hydrogens (tertiary/aromatic N) is 1. The molecule has 0 saturated carbocycles. The van der Waals surface area contributed by atoms with Crippen molar-refractivity contribution in [3.05, 3.63) is 29.1 Å². The van der Waals surface area contributed by atoms with Crippen LogP contribution in [0.25, 0.3) is 0 Å². The number of hydrogen-bond donors (Lipinski definition) is 1. The lowest BCUT2D eigenvalue weighted by Crippen LogP contribution is -2.16. The Hall–Kier alpha value is -1.78. The number of halogens is 1. The average Bonchev–Trinajstić information content (AvgIpc) is 2.15. The van der Waals surface area contributed by atoms with Crippen molar-refractivity contribution in [2.45, 2.75) is 19.6 Å². The summed E-state index contributed by atoms with van der Waals surface area (Å²) < 4.78 is 13.2. The summed E-state index contributed by atoms with van der Waals surface area (Å²) in [5, 5.41) is 8.69. The second kappa shape index (κ2) is 4.38. The summed E-state index contributed by atoms with van der Waals surface area (Å²) in [6.07, 6.45) is 0. The zero-order chi connectivity index (χ0) is 12.3. The number of nitrogens with two attached hydrogens (primary N) is 1. The fourth-order valence-electron chi connectivity index (χ4n) is 1.04. The molecule has 82 valence electrons. The van der Waals surface area contributed by atoms with Gasteiger partial charge in [-0.2, -0.15) is 5.26 Å². The van der Waals surface area contributed by atoms with Crippen molar-refractivity contribution >= 4 is 13.8 Å². The first-order chi connectivity index (χ1) is 7.33. The molecule has 0 atom stereocenters. The Labute approximate surface area is 95.9 Å². The van der Waals surface area contributed by atoms with Gasteiger partial charge in [-0.1, -0.05) is 25.6 Å². The van der Waals surface area contributed by atoms with Crippen LogP contribution in [0.15, 0.2) is 12.1 Å². The summed E-state index contributed by atoms with van der Waals surface area (Å²) in [6, 6.07) is 4.32. The van der Waals surface area contributed by atoms with Gasteiger partial charge in [-0.05, 0) is 12.1 Å². The van der Waals surface area contributed by atoms with E-state index < -0.39 is 13.9 Å². The predicted octanol–water partition coefficient (Wildman–Crippen LogP) is 2.51. The normalized spacial score (nSPS) is 10.2. The smallest absolute Gasteiger partial charge is 0.143 e. The molecule has 0 bridgehead atoms. The van der Waals surface area contributed by atoms with Gasteiger partial charge >= 0.3 is 0 Å². The maximum atomic E-state index is 13.2. The number of rotatable bonds is 0. The first-order valence-electron chi connectivity index (χ1n) is 4.86. The summed E-state index contributed by atoms with van der Waals surface area (Å²) in [7, 11) is -1.50. The van der Waals surface area contributed by atoms with Crippen molar-refractivity contribution in [3.63, 3.8) is 0 Å². The van der Waals surface area contributed by atoms with Gasteiger partial charge in [0.2, 0.25) is 0 Å². The van der Waals surface area contributed by atoms with Gasteiger partial charge in [-0.15, -0.1) is 5.54 Å². The zero-order valence-corrected chi connectivity index (χ0v) is 10.6. The molecule has 2 nitrogen and oxygen atoms in total. The average molecular weight is 232 g/mol. The molecular weight excluding hydrogens is 219 g/mol. The van der Waals surface area contributed by atoms with E-state index in [2.05, 4.69) is 31.1 Å². The Balaban J connectivity index is 3.25. The molecule has 1 rings (SSSR count). The van der Waals surface area contributed by atoms with E-state index in [1.807, 2.05) is 0 Å². The molecule has 1 aromatic carbocycles. The maximum Gasteiger partial charge on any atom is 0.143 e. The molecule has 0 spiro atoms. The van der Waals surface area contributed by atoms with Crippen LogP contribution in [0.4, 0.5) is 10.1 Å². The summed E-state index contributed by atoms with van der Waals surface area (Å²) in [5.74, 6) is 2.33. The van der Waals surface area contributed by atoms with E-state index in [0.29, 0.717) is 5.56 Å². The summed E-state index contributed by atoms with van der Waals surface area (Å²) in [6.45, 7) is 6.31. The molecule has 0 amide bonds. The summed E-state index contributed by atoms with van der Waals surface area (Å²) in [4.78, 5) is 0. The van der Waals surface area contributed by atoms with Crippen LogP contribution in [0.5, 0.6) is 0 Å². The van der Waals surface area contributed by atoms with Gasteiger partial charge in [0.1, 0.15) is 20.0 Å². The van der Waals surface area contributed by atoms with Crippen LogP contribution in [0.2, 0.25) is 19.6 Å². The van der Waals surface area contributed by atoms with Crippen molar-refractivity contribution in [1.29, 1.82) is 5.26 Å². The van der Waals surface area contributed by atoms with E-state index >= 15 is 0 Å². The lowest BCUT2D eigenvalue weighted by atomic mass is 10.1. The molecule has 0 radical (unpaired) electrons. The van der Waals surface area contributed by atoms with Crippen LogP contribution >= 0.6 is 0 Å². The highest BCUT2D eigenvalue weighted by molar-refractivity contribution is 6.83. The maximum absolute atomic E-state index is 13.2. The van der Waals surface area contributed by atoms with Crippen molar-refractivity contribution < 1.29 is 4.39 Å². The summed E-state index contributed by atoms with van der Waals surface area (Å²) in [5.41, 5.74) is 9.55. The molecule has 0 saturated heterocycles. The van der Waals surface area contributed by atoms with Gasteiger partial charge in [-0.25, -0.2) is 4.39 Å². The number of hydrogen-bond acceptors (Lipinski definition) is 2. The van der Waals surface area contributed by atoms with Gasteiger partial charge in [-0.3, -0.25) is 0 Å².